The van der Waals surface area contributed by atoms with Gasteiger partial charge in [0.15, 0.2) is 41.3 Å². The molecule has 0 aliphatic carbocycles. The number of nitrogens with zero attached hydrogens (tertiary/aromatic N) is 1. The number of nitrogens with two attached hydrogens (primary N) is 1. The van der Waals surface area contributed by atoms with Crippen LogP contribution >= 0.6 is 0 Å². The Bertz CT molecular complexity index is 2560. The Labute approximate surface area is 399 Å². The van der Waals surface area contributed by atoms with Gasteiger partial charge in [0, 0.05) is 49.0 Å². The highest BCUT2D eigenvalue weighted by molar-refractivity contribution is 5.98. The summed E-state index contributed by atoms with van der Waals surface area (Å²) in [7, 11) is 1.45. The molecular formula is C50H62N4O15. The first-order valence-corrected chi connectivity index (χ1v) is 23.5. The number of phenolic OH excluding ortho intramolecular Hbond substituents is 2. The summed E-state index contributed by atoms with van der Waals surface area (Å²) >= 11 is 0. The molecule has 3 aromatic carbocycles. The largest absolute Gasteiger partial charge is 0.504 e. The molecular weight excluding hydrogens is 897 g/mol. The van der Waals surface area contributed by atoms with Gasteiger partial charge in [-0.2, -0.15) is 0 Å². The minimum absolute atomic E-state index is 0.00586. The predicted octanol–water partition coefficient (Wildman–Crippen LogP) is 3.65. The van der Waals surface area contributed by atoms with E-state index in [-0.39, 0.29) is 90.7 Å². The van der Waals surface area contributed by atoms with Crippen molar-refractivity contribution in [3.05, 3.63) is 63.7 Å². The Kier molecular flexibility index (Phi) is 14.0. The number of aromatic carboxylic acids is 1. The topological polar surface area (TPSA) is 294 Å². The number of fused-ring (bicyclic) bond motifs is 3. The van der Waals surface area contributed by atoms with Gasteiger partial charge in [-0.25, -0.2) is 9.59 Å². The van der Waals surface area contributed by atoms with E-state index in [1.807, 2.05) is 38.1 Å². The predicted molar refractivity (Wildman–Crippen MR) is 249 cm³/mol. The average molecular weight is 959 g/mol. The summed E-state index contributed by atoms with van der Waals surface area (Å²) in [5, 5.41) is 90.1. The molecule has 11 N–H and O–H groups in total. The van der Waals surface area contributed by atoms with Crippen molar-refractivity contribution in [1.29, 1.82) is 0 Å². The highest BCUT2D eigenvalue weighted by Crippen LogP contribution is 2.57. The summed E-state index contributed by atoms with van der Waals surface area (Å²) in [5.41, 5.74) is 2.62. The Morgan fingerprint density at radius 2 is 1.87 bits per heavy atom. The zero-order chi connectivity index (χ0) is 49.5. The minimum Gasteiger partial charge on any atom is -0.504 e. The third kappa shape index (κ3) is 9.11. The molecule has 4 bridgehead atoms. The first kappa shape index (κ1) is 49.3. The molecule has 3 aromatic rings. The van der Waals surface area contributed by atoms with Gasteiger partial charge in [-0.1, -0.05) is 56.9 Å². The van der Waals surface area contributed by atoms with Gasteiger partial charge in [0.05, 0.1) is 24.5 Å². The smallest absolute Gasteiger partial charge is 0.344 e. The van der Waals surface area contributed by atoms with Gasteiger partial charge >= 0.3 is 11.9 Å². The Morgan fingerprint density at radius 3 is 2.59 bits per heavy atom. The van der Waals surface area contributed by atoms with E-state index in [4.69, 9.17) is 34.2 Å². The van der Waals surface area contributed by atoms with Crippen molar-refractivity contribution in [2.24, 2.45) is 28.5 Å². The highest BCUT2D eigenvalue weighted by atomic mass is 16.7. The highest BCUT2D eigenvalue weighted by Gasteiger charge is 2.67. The summed E-state index contributed by atoms with van der Waals surface area (Å²) in [6.07, 6.45) is -7.40. The van der Waals surface area contributed by atoms with Crippen LogP contribution < -0.4 is 35.3 Å². The molecule has 19 nitrogen and oxygen atoms in total. The maximum absolute atomic E-state index is 14.4. The number of aliphatic imine (C=N–C) groups is 1. The van der Waals surface area contributed by atoms with E-state index in [9.17, 15) is 45.3 Å². The molecule has 1 spiro atoms. The van der Waals surface area contributed by atoms with E-state index in [0.717, 1.165) is 17.5 Å². The lowest BCUT2D eigenvalue weighted by Crippen LogP contribution is -2.76. The Morgan fingerprint density at radius 1 is 1.10 bits per heavy atom. The number of rotatable bonds is 11. The second-order valence-electron chi connectivity index (χ2n) is 19.0. The third-order valence-corrected chi connectivity index (χ3v) is 14.1. The van der Waals surface area contributed by atoms with Crippen molar-refractivity contribution in [1.82, 2.24) is 5.32 Å². The number of guanidine groups is 1. The fourth-order valence-corrected chi connectivity index (χ4v) is 10.5. The number of ether oxygens (including phenoxy) is 6. The molecule has 19 heteroatoms. The van der Waals surface area contributed by atoms with Crippen LogP contribution in [-0.2, 0) is 28.7 Å². The van der Waals surface area contributed by atoms with Crippen molar-refractivity contribution in [3.63, 3.8) is 0 Å². The molecule has 0 unspecified atom stereocenters. The van der Waals surface area contributed by atoms with Gasteiger partial charge in [0.25, 0.3) is 0 Å². The van der Waals surface area contributed by atoms with Crippen molar-refractivity contribution in [2.45, 2.75) is 127 Å². The number of anilines is 1. The van der Waals surface area contributed by atoms with Crippen LogP contribution in [0.15, 0.2) is 35.3 Å². The number of carbonyl (C=O) groups excluding carboxylic acids is 1. The molecule has 5 heterocycles. The average Bonchev–Trinajstić information content (AvgIpc) is 3.60. The first-order valence-electron chi connectivity index (χ1n) is 23.5. The van der Waals surface area contributed by atoms with Crippen molar-refractivity contribution in [3.8, 4) is 46.3 Å². The van der Waals surface area contributed by atoms with Crippen molar-refractivity contribution < 1.29 is 73.8 Å². The zero-order valence-electron chi connectivity index (χ0n) is 39.3. The lowest BCUT2D eigenvalue weighted by molar-refractivity contribution is -0.382. The second-order valence-corrected chi connectivity index (χ2v) is 19.0. The number of aryl methyl sites for hydroxylation is 1. The van der Waals surface area contributed by atoms with Gasteiger partial charge in [0.2, 0.25) is 24.1 Å². The number of phenols is 2. The van der Waals surface area contributed by atoms with Crippen LogP contribution in [0.1, 0.15) is 109 Å². The standard InChI is InChI=1S/C50H62N4O15/c1-6-26-10-7-11-27(19-26)14-17-65-41-37(55)35-34-29(13-9-16-64-40(34)38(41)56)22-50(47(62)68-44(35)60)46(61)49(63)15-8-12-28-20-31-36(54-25(4)30(28)18-24(2)3)32(43(58)59)21-33(66-23-53-48(51)52-5)39(31)67-45(69-50)42(49)57/h7,10-11,19,21,24-25,28-30,42,45-47,54-57,61-63H,6,9,13-18,20,22-23H2,1-5H3,(H,58,59)(H3,51,52,53)/t25-,28+,29-,30-,42-,45+,46-,47-,49+,50-/m0/s1. The van der Waals surface area contributed by atoms with Gasteiger partial charge in [-0.05, 0) is 74.3 Å². The first-order chi connectivity index (χ1) is 32.9. The molecule has 0 aromatic heterocycles. The number of aliphatic hydroxyl groups is 4. The number of carboxylic acids is 1. The number of cyclic esters (lactones) is 1. The van der Waals surface area contributed by atoms with Gasteiger partial charge in [0.1, 0.15) is 23.4 Å². The molecule has 5 aliphatic heterocycles. The van der Waals surface area contributed by atoms with Crippen LogP contribution in [-0.4, -0.2) is 123 Å². The van der Waals surface area contributed by atoms with E-state index in [0.29, 0.717) is 24.8 Å². The van der Waals surface area contributed by atoms with E-state index in [1.54, 1.807) is 0 Å². The molecule has 8 rings (SSSR count). The fourth-order valence-electron chi connectivity index (χ4n) is 10.5. The third-order valence-electron chi connectivity index (χ3n) is 14.1. The summed E-state index contributed by atoms with van der Waals surface area (Å²) < 4.78 is 37.0. The monoisotopic (exact) mass is 958 g/mol. The number of benzene rings is 3. The number of carboxylic acid groups (broad SMARTS) is 1. The lowest BCUT2D eigenvalue weighted by atomic mass is 9.69. The second kappa shape index (κ2) is 19.7. The van der Waals surface area contributed by atoms with Crippen LogP contribution in [0.2, 0.25) is 0 Å². The molecule has 5 aliphatic rings. The zero-order valence-corrected chi connectivity index (χ0v) is 39.3. The summed E-state index contributed by atoms with van der Waals surface area (Å²) in [5.74, 6) is 0.00562. The molecule has 0 amide bonds. The van der Waals surface area contributed by atoms with Gasteiger partial charge in [-0.3, -0.25) is 4.99 Å². The number of nitrogens with one attached hydrogen (secondary N) is 2. The fraction of sp³-hybridized carbons (Fsp3) is 0.540. The van der Waals surface area contributed by atoms with E-state index < -0.39 is 95.4 Å². The van der Waals surface area contributed by atoms with Crippen LogP contribution in [0.5, 0.6) is 34.5 Å². The maximum Gasteiger partial charge on any atom is 0.344 e. The van der Waals surface area contributed by atoms with Crippen LogP contribution in [0.4, 0.5) is 5.69 Å². The van der Waals surface area contributed by atoms with E-state index in [1.165, 1.54) is 13.1 Å². The van der Waals surface area contributed by atoms with E-state index >= 15 is 0 Å². The van der Waals surface area contributed by atoms with Crippen molar-refractivity contribution in [2.75, 3.05) is 32.3 Å². The molecule has 1 fully saturated rings. The number of hydrogen-bond donors (Lipinski definition) is 10. The van der Waals surface area contributed by atoms with Gasteiger partial charge in [-0.15, -0.1) is 0 Å². The quantitative estimate of drug-likeness (QED) is 0.0431. The maximum atomic E-state index is 14.4. The molecule has 0 saturated carbocycles. The SMILES string of the molecule is CCc1cccc(CCOc2c(O)c3c4c(c2O)C(=O)O[C@H](O)[C@@]2(C[C@@H]4CCCO3)O[C@H]3Oc4c(OCNC(N)=NC)cc(C(=O)O)c5c4C[C@@H](C#CC[C@@](O)([C@H]3O)[C@@H]2O)[C@@H](CC(C)C)[C@H](C)N5)c1. The molecule has 372 valence electrons. The molecule has 1 saturated heterocycles. The van der Waals surface area contributed by atoms with Gasteiger partial charge < -0.3 is 80.5 Å². The molecule has 69 heavy (non-hydrogen) atoms. The van der Waals surface area contributed by atoms with E-state index in [2.05, 4.69) is 41.3 Å². The summed E-state index contributed by atoms with van der Waals surface area (Å²) in [4.78, 5) is 31.3. The Hall–Kier alpha value is -6.17. The van der Waals surface area contributed by atoms with Crippen LogP contribution in [0.25, 0.3) is 0 Å². The van der Waals surface area contributed by atoms with Crippen LogP contribution in [0, 0.1) is 29.6 Å². The number of aliphatic hydroxyl groups excluding tert-OH is 3. The normalized spacial score (nSPS) is 29.4. The molecule has 0 radical (unpaired) electrons. The number of carbonyl (C=O) groups is 2. The Balaban J connectivity index is 1.25. The van der Waals surface area contributed by atoms with Crippen molar-refractivity contribution >= 4 is 23.6 Å². The lowest BCUT2D eigenvalue weighted by Gasteiger charge is -2.55. The number of aromatic hydroxyl groups is 2. The van der Waals surface area contributed by atoms with Crippen LogP contribution in [0.3, 0.4) is 0 Å². The summed E-state index contributed by atoms with van der Waals surface area (Å²) in [6, 6.07) is 8.77. The summed E-state index contributed by atoms with van der Waals surface area (Å²) in [6.45, 7) is 7.77. The molecule has 10 atom stereocenters. The number of esters is 1. The minimum atomic E-state index is -2.66. The number of hydrogen-bond acceptors (Lipinski definition) is 16.